The van der Waals surface area contributed by atoms with Gasteiger partial charge in [-0.3, -0.25) is 9.59 Å². The lowest BCUT2D eigenvalue weighted by atomic mass is 9.97. The van der Waals surface area contributed by atoms with E-state index in [1.165, 1.54) is 11.0 Å². The van der Waals surface area contributed by atoms with Crippen molar-refractivity contribution >= 4 is 36.5 Å². The zero-order valence-electron chi connectivity index (χ0n) is 26.2. The number of esters is 1. The van der Waals surface area contributed by atoms with E-state index < -0.39 is 53.2 Å². The molecule has 3 amide bonds. The molecule has 2 rings (SSSR count). The van der Waals surface area contributed by atoms with Crippen LogP contribution in [0.5, 0.6) is 0 Å². The fraction of sp³-hybridized carbons (Fsp3) is 0.455. The van der Waals surface area contributed by atoms with Crippen LogP contribution in [0.1, 0.15) is 64.3 Å². The first-order chi connectivity index (χ1) is 20.1. The Hall–Kier alpha value is -3.79. The molecule has 43 heavy (non-hydrogen) atoms. The van der Waals surface area contributed by atoms with Crippen molar-refractivity contribution in [3.63, 3.8) is 0 Å². The first-order valence-electron chi connectivity index (χ1n) is 14.2. The van der Waals surface area contributed by atoms with E-state index >= 15 is 0 Å². The molecule has 0 heterocycles. The third-order valence-corrected chi connectivity index (χ3v) is 6.48. The molecule has 2 aromatic rings. The first kappa shape index (κ1) is 35.4. The van der Waals surface area contributed by atoms with Crippen LogP contribution in [0.15, 0.2) is 67.3 Å². The van der Waals surface area contributed by atoms with Gasteiger partial charge in [-0.2, -0.15) is 12.6 Å². The molecule has 0 saturated carbocycles. The summed E-state index contributed by atoms with van der Waals surface area (Å²) < 4.78 is 11.0. The number of ether oxygens (including phenoxy) is 2. The van der Waals surface area contributed by atoms with Crippen molar-refractivity contribution < 1.29 is 28.7 Å². The average Bonchev–Trinajstić information content (AvgIpc) is 2.90. The number of benzene rings is 2. The van der Waals surface area contributed by atoms with E-state index in [0.717, 1.165) is 11.1 Å². The number of thiol groups is 1. The van der Waals surface area contributed by atoms with Gasteiger partial charge >= 0.3 is 12.1 Å². The molecule has 2 aromatic carbocycles. The van der Waals surface area contributed by atoms with Crippen LogP contribution in [-0.4, -0.2) is 64.4 Å². The zero-order chi connectivity index (χ0) is 32.4. The molecule has 0 spiro atoms. The SMILES string of the molecule is C=CCN(C(=O)C(CS)NC(=O)OC(C)(C)C)C(C(=O)NC(Cc1ccccc1)C(=O)OC(C)(C)C)c1ccccc1C. The highest BCUT2D eigenvalue weighted by atomic mass is 32.1. The van der Waals surface area contributed by atoms with Crippen LogP contribution in [0.2, 0.25) is 0 Å². The summed E-state index contributed by atoms with van der Waals surface area (Å²) in [6.45, 7) is 16.0. The van der Waals surface area contributed by atoms with E-state index in [0.29, 0.717) is 5.56 Å². The number of alkyl carbamates (subject to hydrolysis) is 1. The van der Waals surface area contributed by atoms with Crippen molar-refractivity contribution in [2.45, 2.75) is 84.2 Å². The van der Waals surface area contributed by atoms with Crippen LogP contribution in [0.4, 0.5) is 4.79 Å². The van der Waals surface area contributed by atoms with Gasteiger partial charge in [0.1, 0.15) is 29.3 Å². The van der Waals surface area contributed by atoms with Crippen LogP contribution in [0.3, 0.4) is 0 Å². The summed E-state index contributed by atoms with van der Waals surface area (Å²) in [7, 11) is 0. The van der Waals surface area contributed by atoms with Gasteiger partial charge in [0.2, 0.25) is 11.8 Å². The second-order valence-electron chi connectivity index (χ2n) is 12.2. The minimum absolute atomic E-state index is 0.0265. The van der Waals surface area contributed by atoms with E-state index in [9.17, 15) is 19.2 Å². The molecule has 0 aliphatic carbocycles. The maximum Gasteiger partial charge on any atom is 0.408 e. The van der Waals surface area contributed by atoms with Crippen LogP contribution in [0.25, 0.3) is 0 Å². The summed E-state index contributed by atoms with van der Waals surface area (Å²) >= 11 is 4.30. The Kier molecular flexibility index (Phi) is 12.9. The molecule has 0 radical (unpaired) electrons. The third kappa shape index (κ3) is 11.4. The Morgan fingerprint density at radius 2 is 1.47 bits per heavy atom. The van der Waals surface area contributed by atoms with E-state index in [-0.39, 0.29) is 18.7 Å². The Labute approximate surface area is 260 Å². The highest BCUT2D eigenvalue weighted by Gasteiger charge is 2.38. The zero-order valence-corrected chi connectivity index (χ0v) is 27.1. The standard InChI is InChI=1S/C33H45N3O6S/c1-9-19-36(29(38)26(21-43)35-31(40)42-33(6,7)8)27(24-18-14-13-15-22(24)2)28(37)34-25(30(39)41-32(3,4)5)20-23-16-11-10-12-17-23/h9-18,25-27,43H,1,19-21H2,2-8H3,(H,34,37)(H,35,40). The summed E-state index contributed by atoms with van der Waals surface area (Å²) in [6.07, 6.45) is 0.884. The minimum atomic E-state index is -1.17. The van der Waals surface area contributed by atoms with Gasteiger partial charge in [0.15, 0.2) is 0 Å². The molecule has 0 aliphatic heterocycles. The molecule has 9 nitrogen and oxygen atoms in total. The quantitative estimate of drug-likeness (QED) is 0.178. The molecule has 0 aromatic heterocycles. The van der Waals surface area contributed by atoms with E-state index in [2.05, 4.69) is 29.8 Å². The molecule has 3 unspecified atom stereocenters. The predicted molar refractivity (Wildman–Crippen MR) is 171 cm³/mol. The van der Waals surface area contributed by atoms with E-state index in [4.69, 9.17) is 9.47 Å². The summed E-state index contributed by atoms with van der Waals surface area (Å²) in [6, 6.07) is 13.1. The van der Waals surface area contributed by atoms with Gasteiger partial charge in [-0.05, 0) is 65.2 Å². The molecule has 0 fully saturated rings. The number of carbonyl (C=O) groups is 4. The number of amides is 3. The van der Waals surface area contributed by atoms with Gasteiger partial charge in [-0.1, -0.05) is 60.7 Å². The van der Waals surface area contributed by atoms with Crippen molar-refractivity contribution in [1.29, 1.82) is 0 Å². The summed E-state index contributed by atoms with van der Waals surface area (Å²) in [5.41, 5.74) is 0.553. The number of nitrogens with one attached hydrogen (secondary N) is 2. The smallest absolute Gasteiger partial charge is 0.408 e. The fourth-order valence-electron chi connectivity index (χ4n) is 4.31. The second kappa shape index (κ2) is 15.6. The lowest BCUT2D eigenvalue weighted by Crippen LogP contribution is -2.55. The Morgan fingerprint density at radius 1 is 0.884 bits per heavy atom. The molecule has 234 valence electrons. The van der Waals surface area contributed by atoms with Crippen molar-refractivity contribution in [1.82, 2.24) is 15.5 Å². The fourth-order valence-corrected chi connectivity index (χ4v) is 4.56. The van der Waals surface area contributed by atoms with Gasteiger partial charge < -0.3 is 25.0 Å². The first-order valence-corrected chi connectivity index (χ1v) is 14.8. The van der Waals surface area contributed by atoms with Crippen LogP contribution >= 0.6 is 12.6 Å². The number of hydrogen-bond acceptors (Lipinski definition) is 7. The van der Waals surface area contributed by atoms with E-state index in [1.807, 2.05) is 49.4 Å². The van der Waals surface area contributed by atoms with Gasteiger partial charge in [0.25, 0.3) is 0 Å². The number of hydrogen-bond donors (Lipinski definition) is 3. The van der Waals surface area contributed by atoms with Gasteiger partial charge in [0, 0.05) is 18.7 Å². The minimum Gasteiger partial charge on any atom is -0.458 e. The molecule has 0 saturated heterocycles. The molecule has 0 aliphatic rings. The van der Waals surface area contributed by atoms with Crippen molar-refractivity contribution in [2.24, 2.45) is 0 Å². The van der Waals surface area contributed by atoms with Crippen molar-refractivity contribution in [3.8, 4) is 0 Å². The Bertz CT molecular complexity index is 1270. The highest BCUT2D eigenvalue weighted by molar-refractivity contribution is 7.80. The molecule has 0 bridgehead atoms. The summed E-state index contributed by atoms with van der Waals surface area (Å²) in [4.78, 5) is 55.4. The van der Waals surface area contributed by atoms with Crippen LogP contribution < -0.4 is 10.6 Å². The molecule has 2 N–H and O–H groups in total. The Balaban J connectivity index is 2.53. The predicted octanol–water partition coefficient (Wildman–Crippen LogP) is 4.94. The van der Waals surface area contributed by atoms with Gasteiger partial charge in [-0.15, -0.1) is 6.58 Å². The largest absolute Gasteiger partial charge is 0.458 e. The summed E-state index contributed by atoms with van der Waals surface area (Å²) in [5, 5.41) is 5.43. The number of carbonyl (C=O) groups excluding carboxylic acids is 4. The second-order valence-corrected chi connectivity index (χ2v) is 12.6. The maximum atomic E-state index is 14.2. The Morgan fingerprint density at radius 3 is 2.00 bits per heavy atom. The van der Waals surface area contributed by atoms with Crippen molar-refractivity contribution in [2.75, 3.05) is 12.3 Å². The lowest BCUT2D eigenvalue weighted by Gasteiger charge is -2.35. The molecule has 10 heteroatoms. The van der Waals surface area contributed by atoms with Crippen LogP contribution in [-0.2, 0) is 30.3 Å². The third-order valence-electron chi connectivity index (χ3n) is 6.11. The lowest BCUT2D eigenvalue weighted by molar-refractivity contribution is -0.159. The van der Waals surface area contributed by atoms with Crippen LogP contribution in [0, 0.1) is 6.92 Å². The number of nitrogens with zero attached hydrogens (tertiary/aromatic N) is 1. The normalized spacial score (nSPS) is 13.6. The summed E-state index contributed by atoms with van der Waals surface area (Å²) in [5.74, 6) is -1.82. The van der Waals surface area contributed by atoms with E-state index in [1.54, 1.807) is 53.7 Å². The monoisotopic (exact) mass is 611 g/mol. The maximum absolute atomic E-state index is 14.2. The molecule has 3 atom stereocenters. The molecular weight excluding hydrogens is 566 g/mol. The average molecular weight is 612 g/mol. The number of rotatable bonds is 12. The van der Waals surface area contributed by atoms with Gasteiger partial charge in [-0.25, -0.2) is 9.59 Å². The van der Waals surface area contributed by atoms with Gasteiger partial charge in [0.05, 0.1) is 0 Å². The highest BCUT2D eigenvalue weighted by Crippen LogP contribution is 2.26. The molecular formula is C33H45N3O6S. The van der Waals surface area contributed by atoms with Crippen molar-refractivity contribution in [3.05, 3.63) is 83.9 Å². The number of aryl methyl sites for hydroxylation is 1. The topological polar surface area (TPSA) is 114 Å².